The Labute approximate surface area is 147 Å². The monoisotopic (exact) mass is 344 g/mol. The average molecular weight is 345 g/mol. The molecule has 2 aromatic rings. The van der Waals surface area contributed by atoms with Crippen molar-refractivity contribution >= 4 is 23.4 Å². The Morgan fingerprint density at radius 3 is 2.46 bits per heavy atom. The topological polar surface area (TPSA) is 43.4 Å². The fourth-order valence-electron chi connectivity index (χ4n) is 2.36. The van der Waals surface area contributed by atoms with Crippen molar-refractivity contribution in [3.05, 3.63) is 70.2 Å². The van der Waals surface area contributed by atoms with Gasteiger partial charge < -0.3 is 4.74 Å². The van der Waals surface area contributed by atoms with Gasteiger partial charge in [-0.1, -0.05) is 49.2 Å². The van der Waals surface area contributed by atoms with E-state index in [1.165, 1.54) is 0 Å². The SMILES string of the molecule is CCCCOC(=O)CCc1ccccc1C(=O)c1ccc(Cl)cc1. The van der Waals surface area contributed by atoms with E-state index in [-0.39, 0.29) is 18.2 Å². The number of benzene rings is 2. The minimum absolute atomic E-state index is 0.0679. The van der Waals surface area contributed by atoms with Gasteiger partial charge in [-0.3, -0.25) is 9.59 Å². The van der Waals surface area contributed by atoms with Gasteiger partial charge in [-0.2, -0.15) is 0 Å². The van der Waals surface area contributed by atoms with Crippen LogP contribution in [0.5, 0.6) is 0 Å². The van der Waals surface area contributed by atoms with Crippen LogP contribution in [0.25, 0.3) is 0 Å². The highest BCUT2D eigenvalue weighted by atomic mass is 35.5. The molecule has 0 bridgehead atoms. The van der Waals surface area contributed by atoms with Gasteiger partial charge in [0.1, 0.15) is 0 Å². The van der Waals surface area contributed by atoms with Crippen LogP contribution in [0.3, 0.4) is 0 Å². The van der Waals surface area contributed by atoms with E-state index in [1.807, 2.05) is 25.1 Å². The molecule has 4 heteroatoms. The molecule has 0 saturated heterocycles. The molecule has 0 amide bonds. The van der Waals surface area contributed by atoms with Crippen molar-refractivity contribution in [1.82, 2.24) is 0 Å². The van der Waals surface area contributed by atoms with Crippen LogP contribution in [0.15, 0.2) is 48.5 Å². The minimum atomic E-state index is -0.225. The van der Waals surface area contributed by atoms with Gasteiger partial charge in [0, 0.05) is 22.6 Å². The Hall–Kier alpha value is -2.13. The standard InChI is InChI=1S/C20H21ClO3/c1-2-3-14-24-19(22)13-10-15-6-4-5-7-18(15)20(23)16-8-11-17(21)12-9-16/h4-9,11-12H,2-3,10,13-14H2,1H3. The molecule has 0 N–H and O–H groups in total. The number of carbonyl (C=O) groups is 2. The summed E-state index contributed by atoms with van der Waals surface area (Å²) in [7, 11) is 0. The summed E-state index contributed by atoms with van der Waals surface area (Å²) < 4.78 is 5.16. The first-order valence-corrected chi connectivity index (χ1v) is 8.53. The lowest BCUT2D eigenvalue weighted by molar-refractivity contribution is -0.143. The van der Waals surface area contributed by atoms with Crippen molar-refractivity contribution in [3.8, 4) is 0 Å². The van der Waals surface area contributed by atoms with Crippen molar-refractivity contribution in [2.24, 2.45) is 0 Å². The Morgan fingerprint density at radius 1 is 1.04 bits per heavy atom. The molecule has 0 aromatic heterocycles. The Morgan fingerprint density at radius 2 is 1.75 bits per heavy atom. The predicted octanol–water partition coefficient (Wildman–Crippen LogP) is 4.85. The van der Waals surface area contributed by atoms with E-state index in [0.29, 0.717) is 29.2 Å². The lowest BCUT2D eigenvalue weighted by atomic mass is 9.96. The Balaban J connectivity index is 2.05. The van der Waals surface area contributed by atoms with Crippen LogP contribution >= 0.6 is 11.6 Å². The molecule has 2 rings (SSSR count). The molecular formula is C20H21ClO3. The third-order valence-electron chi connectivity index (χ3n) is 3.73. The number of carbonyl (C=O) groups excluding carboxylic acids is 2. The van der Waals surface area contributed by atoms with Gasteiger partial charge in [0.2, 0.25) is 0 Å². The molecule has 0 aliphatic rings. The highest BCUT2D eigenvalue weighted by Crippen LogP contribution is 2.18. The molecule has 2 aromatic carbocycles. The zero-order valence-electron chi connectivity index (χ0n) is 13.8. The fraction of sp³-hybridized carbons (Fsp3) is 0.300. The number of halogens is 1. The second-order valence-electron chi connectivity index (χ2n) is 5.57. The quantitative estimate of drug-likeness (QED) is 0.390. The van der Waals surface area contributed by atoms with Gasteiger partial charge in [0.25, 0.3) is 0 Å². The minimum Gasteiger partial charge on any atom is -0.466 e. The molecule has 0 radical (unpaired) electrons. The average Bonchev–Trinajstić information content (AvgIpc) is 2.60. The number of ether oxygens (including phenoxy) is 1. The van der Waals surface area contributed by atoms with Crippen LogP contribution in [0.4, 0.5) is 0 Å². The van der Waals surface area contributed by atoms with Gasteiger partial charge >= 0.3 is 5.97 Å². The van der Waals surface area contributed by atoms with Crippen molar-refractivity contribution in [1.29, 1.82) is 0 Å². The molecule has 126 valence electrons. The summed E-state index contributed by atoms with van der Waals surface area (Å²) in [5.41, 5.74) is 2.04. The van der Waals surface area contributed by atoms with Crippen LogP contribution in [0.1, 0.15) is 47.7 Å². The van der Waals surface area contributed by atoms with Crippen LogP contribution in [-0.4, -0.2) is 18.4 Å². The molecule has 24 heavy (non-hydrogen) atoms. The van der Waals surface area contributed by atoms with Crippen LogP contribution in [0, 0.1) is 0 Å². The van der Waals surface area contributed by atoms with Crippen LogP contribution in [-0.2, 0) is 16.0 Å². The smallest absolute Gasteiger partial charge is 0.306 e. The first kappa shape index (κ1) is 18.2. The first-order valence-electron chi connectivity index (χ1n) is 8.15. The van der Waals surface area contributed by atoms with E-state index in [9.17, 15) is 9.59 Å². The molecule has 3 nitrogen and oxygen atoms in total. The normalized spacial score (nSPS) is 10.4. The van der Waals surface area contributed by atoms with Crippen molar-refractivity contribution in [2.75, 3.05) is 6.61 Å². The molecule has 0 heterocycles. The predicted molar refractivity (Wildman–Crippen MR) is 95.5 cm³/mol. The Kier molecular flexibility index (Phi) is 7.01. The molecule has 0 spiro atoms. The highest BCUT2D eigenvalue weighted by molar-refractivity contribution is 6.30. The van der Waals surface area contributed by atoms with Gasteiger partial charge in [-0.05, 0) is 42.7 Å². The number of esters is 1. The number of aryl methyl sites for hydroxylation is 1. The zero-order valence-corrected chi connectivity index (χ0v) is 14.5. The first-order chi connectivity index (χ1) is 11.6. The number of hydrogen-bond donors (Lipinski definition) is 0. The lowest BCUT2D eigenvalue weighted by Gasteiger charge is -2.09. The van der Waals surface area contributed by atoms with Gasteiger partial charge in [-0.15, -0.1) is 0 Å². The summed E-state index contributed by atoms with van der Waals surface area (Å²) in [6.07, 6.45) is 2.62. The summed E-state index contributed by atoms with van der Waals surface area (Å²) in [5, 5.41) is 0.592. The van der Waals surface area contributed by atoms with Crippen molar-refractivity contribution < 1.29 is 14.3 Å². The number of ketones is 1. The Bertz CT molecular complexity index is 692. The van der Waals surface area contributed by atoms with E-state index >= 15 is 0 Å². The van der Waals surface area contributed by atoms with Gasteiger partial charge in [0.05, 0.1) is 6.61 Å². The van der Waals surface area contributed by atoms with Crippen LogP contribution < -0.4 is 0 Å². The molecule has 0 unspecified atom stereocenters. The molecule has 0 aliphatic carbocycles. The molecule has 0 aliphatic heterocycles. The summed E-state index contributed by atoms with van der Waals surface area (Å²) in [4.78, 5) is 24.4. The van der Waals surface area contributed by atoms with Gasteiger partial charge in [0.15, 0.2) is 5.78 Å². The molecule has 0 fully saturated rings. The summed E-state index contributed by atoms with van der Waals surface area (Å²) in [6.45, 7) is 2.51. The highest BCUT2D eigenvalue weighted by Gasteiger charge is 2.14. The molecular weight excluding hydrogens is 324 g/mol. The zero-order chi connectivity index (χ0) is 17.4. The summed E-state index contributed by atoms with van der Waals surface area (Å²) >= 11 is 5.87. The number of hydrogen-bond acceptors (Lipinski definition) is 3. The maximum Gasteiger partial charge on any atom is 0.306 e. The van der Waals surface area contributed by atoms with Crippen LogP contribution in [0.2, 0.25) is 5.02 Å². The lowest BCUT2D eigenvalue weighted by Crippen LogP contribution is -2.10. The maximum absolute atomic E-state index is 12.7. The van der Waals surface area contributed by atoms with E-state index in [2.05, 4.69) is 0 Å². The van der Waals surface area contributed by atoms with E-state index in [0.717, 1.165) is 18.4 Å². The van der Waals surface area contributed by atoms with E-state index < -0.39 is 0 Å². The number of unbranched alkanes of at least 4 members (excludes halogenated alkanes) is 1. The molecule has 0 atom stereocenters. The third-order valence-corrected chi connectivity index (χ3v) is 3.98. The summed E-state index contributed by atoms with van der Waals surface area (Å²) in [6, 6.07) is 14.2. The van der Waals surface area contributed by atoms with Crippen molar-refractivity contribution in [2.45, 2.75) is 32.6 Å². The largest absolute Gasteiger partial charge is 0.466 e. The van der Waals surface area contributed by atoms with Gasteiger partial charge in [-0.25, -0.2) is 0 Å². The molecule has 0 saturated carbocycles. The fourth-order valence-corrected chi connectivity index (χ4v) is 2.48. The van der Waals surface area contributed by atoms with E-state index in [1.54, 1.807) is 30.3 Å². The maximum atomic E-state index is 12.7. The second-order valence-corrected chi connectivity index (χ2v) is 6.00. The number of rotatable bonds is 8. The second kappa shape index (κ2) is 9.24. The van der Waals surface area contributed by atoms with E-state index in [4.69, 9.17) is 16.3 Å². The summed E-state index contributed by atoms with van der Waals surface area (Å²) in [5.74, 6) is -0.293. The van der Waals surface area contributed by atoms with Crippen molar-refractivity contribution in [3.63, 3.8) is 0 Å². The third kappa shape index (κ3) is 5.20.